The molecular formula is C21H24N4O3. The highest BCUT2D eigenvalue weighted by atomic mass is 16.5. The van der Waals surface area contributed by atoms with E-state index >= 15 is 0 Å². The van der Waals surface area contributed by atoms with Gasteiger partial charge in [0.2, 0.25) is 0 Å². The number of rotatable bonds is 6. The first-order valence-electron chi connectivity index (χ1n) is 9.58. The van der Waals surface area contributed by atoms with E-state index in [0.29, 0.717) is 5.56 Å². The Kier molecular flexibility index (Phi) is 5.55. The number of aromatic nitrogens is 2. The number of nitrogens with zero attached hydrogens (tertiary/aromatic N) is 2. The molecule has 1 aromatic carbocycles. The van der Waals surface area contributed by atoms with E-state index in [0.717, 1.165) is 48.4 Å². The van der Waals surface area contributed by atoms with Crippen LogP contribution in [0.2, 0.25) is 0 Å². The van der Waals surface area contributed by atoms with Gasteiger partial charge in [-0.05, 0) is 62.3 Å². The molecule has 3 heterocycles. The van der Waals surface area contributed by atoms with Crippen molar-refractivity contribution in [2.24, 2.45) is 0 Å². The van der Waals surface area contributed by atoms with Crippen LogP contribution in [0.5, 0.6) is 5.75 Å². The third-order valence-electron chi connectivity index (χ3n) is 4.91. The lowest BCUT2D eigenvalue weighted by atomic mass is 10.1. The number of fused-ring (bicyclic) bond motifs is 1. The number of benzene rings is 1. The van der Waals surface area contributed by atoms with E-state index in [1.165, 1.54) is 0 Å². The van der Waals surface area contributed by atoms with Crippen LogP contribution in [-0.2, 0) is 0 Å². The highest BCUT2D eigenvalue weighted by molar-refractivity contribution is 5.98. The maximum absolute atomic E-state index is 12.1. The molecule has 2 aromatic heterocycles. The van der Waals surface area contributed by atoms with Crippen LogP contribution in [0.4, 0.5) is 0 Å². The van der Waals surface area contributed by atoms with Crippen LogP contribution in [0, 0.1) is 0 Å². The van der Waals surface area contributed by atoms with Gasteiger partial charge in [0.1, 0.15) is 17.7 Å². The van der Waals surface area contributed by atoms with Gasteiger partial charge in [-0.3, -0.25) is 4.79 Å². The highest BCUT2D eigenvalue weighted by Crippen LogP contribution is 2.23. The van der Waals surface area contributed by atoms with E-state index in [2.05, 4.69) is 15.6 Å². The van der Waals surface area contributed by atoms with Crippen molar-refractivity contribution in [3.8, 4) is 11.6 Å². The summed E-state index contributed by atoms with van der Waals surface area (Å²) in [5, 5.41) is 15.8. The van der Waals surface area contributed by atoms with Gasteiger partial charge in [-0.2, -0.15) is 0 Å². The summed E-state index contributed by atoms with van der Waals surface area (Å²) in [5.74, 6) is 1.39. The van der Waals surface area contributed by atoms with Gasteiger partial charge in [0.05, 0.1) is 18.3 Å². The Balaban J connectivity index is 1.51. The molecule has 1 aliphatic rings. The summed E-state index contributed by atoms with van der Waals surface area (Å²) in [6.07, 6.45) is 5.98. The molecule has 0 saturated carbocycles. The number of piperidine rings is 1. The smallest absolute Gasteiger partial charge is 0.251 e. The standard InChI is InChI=1S/C21H24N4O3/c26-12-10-23-21(27)16-1-3-19-15(13-16)7-11-25(19)20-4-2-18(14-24-20)28-17-5-8-22-9-6-17/h1-4,7,11,13-14,17,22,26H,5-6,8-10,12H2,(H,23,27). The number of hydrogen-bond acceptors (Lipinski definition) is 5. The lowest BCUT2D eigenvalue weighted by Crippen LogP contribution is -2.34. The number of aliphatic hydroxyl groups excluding tert-OH is 1. The zero-order chi connectivity index (χ0) is 19.3. The summed E-state index contributed by atoms with van der Waals surface area (Å²) >= 11 is 0. The third kappa shape index (κ3) is 4.00. The zero-order valence-electron chi connectivity index (χ0n) is 15.6. The lowest BCUT2D eigenvalue weighted by Gasteiger charge is -2.23. The number of amides is 1. The zero-order valence-corrected chi connectivity index (χ0v) is 15.6. The Hall–Kier alpha value is -2.90. The maximum Gasteiger partial charge on any atom is 0.251 e. The fraction of sp³-hybridized carbons (Fsp3) is 0.333. The highest BCUT2D eigenvalue weighted by Gasteiger charge is 2.15. The lowest BCUT2D eigenvalue weighted by molar-refractivity contribution is 0.0945. The Morgan fingerprint density at radius 3 is 2.86 bits per heavy atom. The number of aliphatic hydroxyl groups is 1. The molecule has 0 atom stereocenters. The molecular weight excluding hydrogens is 356 g/mol. The van der Waals surface area contributed by atoms with E-state index in [1.54, 1.807) is 12.3 Å². The Bertz CT molecular complexity index is 946. The van der Waals surface area contributed by atoms with Gasteiger partial charge in [-0.1, -0.05) is 0 Å². The number of carbonyl (C=O) groups excluding carboxylic acids is 1. The largest absolute Gasteiger partial charge is 0.489 e. The fourth-order valence-electron chi connectivity index (χ4n) is 3.45. The minimum absolute atomic E-state index is 0.0760. The average Bonchev–Trinajstić information content (AvgIpc) is 3.16. The van der Waals surface area contributed by atoms with Crippen molar-refractivity contribution >= 4 is 16.8 Å². The molecule has 3 aromatic rings. The first-order chi connectivity index (χ1) is 13.7. The van der Waals surface area contributed by atoms with Gasteiger partial charge in [0.15, 0.2) is 0 Å². The molecule has 146 valence electrons. The maximum atomic E-state index is 12.1. The molecule has 0 spiro atoms. The summed E-state index contributed by atoms with van der Waals surface area (Å²) < 4.78 is 8.00. The molecule has 4 rings (SSSR count). The number of nitrogens with one attached hydrogen (secondary N) is 2. The topological polar surface area (TPSA) is 88.4 Å². The minimum atomic E-state index is -0.193. The van der Waals surface area contributed by atoms with E-state index in [1.807, 2.05) is 41.1 Å². The third-order valence-corrected chi connectivity index (χ3v) is 4.91. The van der Waals surface area contributed by atoms with E-state index in [9.17, 15) is 4.79 Å². The molecule has 3 N–H and O–H groups in total. The van der Waals surface area contributed by atoms with Crippen molar-refractivity contribution in [2.75, 3.05) is 26.2 Å². The van der Waals surface area contributed by atoms with Gasteiger partial charge in [-0.25, -0.2) is 4.98 Å². The van der Waals surface area contributed by atoms with E-state index < -0.39 is 0 Å². The number of pyridine rings is 1. The van der Waals surface area contributed by atoms with Crippen LogP contribution in [-0.4, -0.2) is 52.9 Å². The molecule has 1 saturated heterocycles. The van der Waals surface area contributed by atoms with Gasteiger partial charge in [-0.15, -0.1) is 0 Å². The van der Waals surface area contributed by atoms with Crippen molar-refractivity contribution in [2.45, 2.75) is 18.9 Å². The number of hydrogen-bond donors (Lipinski definition) is 3. The molecule has 0 aliphatic carbocycles. The average molecular weight is 380 g/mol. The van der Waals surface area contributed by atoms with Crippen molar-refractivity contribution in [3.05, 3.63) is 54.4 Å². The predicted octanol–water partition coefficient (Wildman–Crippen LogP) is 1.88. The SMILES string of the molecule is O=C(NCCO)c1ccc2c(ccn2-c2ccc(OC3CCNCC3)cn2)c1. The molecule has 0 unspecified atom stereocenters. The molecule has 7 heteroatoms. The van der Waals surface area contributed by atoms with Crippen LogP contribution >= 0.6 is 0 Å². The summed E-state index contributed by atoms with van der Waals surface area (Å²) in [6, 6.07) is 11.4. The second kappa shape index (κ2) is 8.41. The second-order valence-corrected chi connectivity index (χ2v) is 6.86. The van der Waals surface area contributed by atoms with Crippen molar-refractivity contribution < 1.29 is 14.6 Å². The van der Waals surface area contributed by atoms with Gasteiger partial charge >= 0.3 is 0 Å². The molecule has 1 aliphatic heterocycles. The summed E-state index contributed by atoms with van der Waals surface area (Å²) in [6.45, 7) is 2.15. The van der Waals surface area contributed by atoms with E-state index in [-0.39, 0.29) is 25.2 Å². The minimum Gasteiger partial charge on any atom is -0.489 e. The van der Waals surface area contributed by atoms with Crippen molar-refractivity contribution in [3.63, 3.8) is 0 Å². The van der Waals surface area contributed by atoms with Crippen LogP contribution in [0.15, 0.2) is 48.8 Å². The summed E-state index contributed by atoms with van der Waals surface area (Å²) in [7, 11) is 0. The van der Waals surface area contributed by atoms with Crippen LogP contribution in [0.1, 0.15) is 23.2 Å². The first kappa shape index (κ1) is 18.5. The Morgan fingerprint density at radius 2 is 2.11 bits per heavy atom. The van der Waals surface area contributed by atoms with Crippen LogP contribution < -0.4 is 15.4 Å². The van der Waals surface area contributed by atoms with Gasteiger partial charge < -0.3 is 25.0 Å². The molecule has 1 amide bonds. The molecule has 28 heavy (non-hydrogen) atoms. The normalized spacial score (nSPS) is 14.9. The second-order valence-electron chi connectivity index (χ2n) is 6.86. The van der Waals surface area contributed by atoms with Crippen molar-refractivity contribution in [1.82, 2.24) is 20.2 Å². The Morgan fingerprint density at radius 1 is 1.25 bits per heavy atom. The van der Waals surface area contributed by atoms with E-state index in [4.69, 9.17) is 9.84 Å². The monoisotopic (exact) mass is 380 g/mol. The molecule has 0 radical (unpaired) electrons. The quantitative estimate of drug-likeness (QED) is 0.608. The summed E-state index contributed by atoms with van der Waals surface area (Å²) in [4.78, 5) is 16.6. The fourth-order valence-corrected chi connectivity index (χ4v) is 3.45. The van der Waals surface area contributed by atoms with Gasteiger partial charge in [0.25, 0.3) is 5.91 Å². The van der Waals surface area contributed by atoms with Crippen LogP contribution in [0.25, 0.3) is 16.7 Å². The Labute approximate surface area is 163 Å². The van der Waals surface area contributed by atoms with Gasteiger partial charge in [0, 0.05) is 23.7 Å². The van der Waals surface area contributed by atoms with Crippen molar-refractivity contribution in [1.29, 1.82) is 0 Å². The molecule has 1 fully saturated rings. The summed E-state index contributed by atoms with van der Waals surface area (Å²) in [5.41, 5.74) is 1.54. The molecule has 7 nitrogen and oxygen atoms in total. The predicted molar refractivity (Wildman–Crippen MR) is 107 cm³/mol. The number of carbonyl (C=O) groups is 1. The number of ether oxygens (including phenoxy) is 1. The molecule has 0 bridgehead atoms. The first-order valence-corrected chi connectivity index (χ1v) is 9.58. The van der Waals surface area contributed by atoms with Crippen LogP contribution in [0.3, 0.4) is 0 Å².